The summed E-state index contributed by atoms with van der Waals surface area (Å²) in [6, 6.07) is 13.6. The second-order valence-electron chi connectivity index (χ2n) is 8.53. The highest BCUT2D eigenvalue weighted by molar-refractivity contribution is 5.86. The maximum atomic E-state index is 14.3. The average Bonchev–Trinajstić information content (AvgIpc) is 3.50. The van der Waals surface area contributed by atoms with Gasteiger partial charge < -0.3 is 19.5 Å². The third-order valence-electron chi connectivity index (χ3n) is 6.25. The van der Waals surface area contributed by atoms with Crippen molar-refractivity contribution < 1.29 is 18.6 Å². The molecule has 4 aromatic rings. The summed E-state index contributed by atoms with van der Waals surface area (Å²) in [4.78, 5) is 9.45. The second kappa shape index (κ2) is 8.61. The van der Waals surface area contributed by atoms with E-state index in [0.717, 1.165) is 53.3 Å². The molecule has 7 nitrogen and oxygen atoms in total. The first kappa shape index (κ1) is 20.4. The molecule has 0 spiro atoms. The minimum absolute atomic E-state index is 0.0892. The van der Waals surface area contributed by atoms with Gasteiger partial charge >= 0.3 is 0 Å². The van der Waals surface area contributed by atoms with Crippen LogP contribution in [0.2, 0.25) is 0 Å². The molecule has 3 atom stereocenters. The fraction of sp³-hybridized carbons (Fsp3) is 0.360. The van der Waals surface area contributed by atoms with E-state index in [0.29, 0.717) is 25.3 Å². The summed E-state index contributed by atoms with van der Waals surface area (Å²) in [5.41, 5.74) is 3.13. The Bertz CT molecular complexity index is 1290. The smallest absolute Gasteiger partial charge is 0.149 e. The number of benzene rings is 1. The number of alkyl halides is 1. The first-order valence-corrected chi connectivity index (χ1v) is 11.4. The molecule has 2 aliphatic heterocycles. The Kier molecular flexibility index (Phi) is 5.32. The third-order valence-corrected chi connectivity index (χ3v) is 6.25. The number of fused-ring (bicyclic) bond motifs is 2. The van der Waals surface area contributed by atoms with Crippen molar-refractivity contribution in [1.82, 2.24) is 19.7 Å². The number of hydrogen-bond donors (Lipinski definition) is 1. The molecular weight excluding hydrogens is 423 g/mol. The third kappa shape index (κ3) is 4.00. The van der Waals surface area contributed by atoms with E-state index in [1.54, 1.807) is 6.20 Å². The van der Waals surface area contributed by atoms with E-state index in [-0.39, 0.29) is 6.10 Å². The molecule has 170 valence electrons. The van der Waals surface area contributed by atoms with Gasteiger partial charge in [0.15, 0.2) is 0 Å². The van der Waals surface area contributed by atoms with Crippen LogP contribution in [0.5, 0.6) is 11.5 Å². The fourth-order valence-corrected chi connectivity index (χ4v) is 4.47. The molecular formula is C25H25FN4O3. The fourth-order valence-electron chi connectivity index (χ4n) is 4.47. The van der Waals surface area contributed by atoms with Crippen molar-refractivity contribution in [2.45, 2.75) is 31.2 Å². The summed E-state index contributed by atoms with van der Waals surface area (Å²) in [6.07, 6.45) is 3.86. The SMILES string of the molecule is F[C@H]1CNCC[C@@H]1Oc1cccc2ccc(-c3cnc4cc(O[C@H]5CCOC5)ccn34)nc12. The van der Waals surface area contributed by atoms with Crippen molar-refractivity contribution in [3.05, 3.63) is 54.9 Å². The normalized spacial score (nSPS) is 23.2. The summed E-state index contributed by atoms with van der Waals surface area (Å²) in [5.74, 6) is 1.38. The van der Waals surface area contributed by atoms with Crippen LogP contribution in [-0.4, -0.2) is 59.1 Å². The van der Waals surface area contributed by atoms with Crippen LogP contribution in [-0.2, 0) is 4.74 Å². The molecule has 2 fully saturated rings. The standard InChI is InChI=1S/C25H25FN4O3/c26-19-13-27-9-6-22(19)33-23-3-1-2-16-4-5-20(29-25(16)23)21-14-28-24-12-17(7-10-30(21)24)32-18-8-11-31-15-18/h1-5,7,10,12,14,18-19,22,27H,6,8-9,11,13,15H2/t18-,19-,22-/m0/s1. The summed E-state index contributed by atoms with van der Waals surface area (Å²) < 4.78 is 33.8. The van der Waals surface area contributed by atoms with Gasteiger partial charge in [0.2, 0.25) is 0 Å². The topological polar surface area (TPSA) is 69.9 Å². The number of nitrogens with one attached hydrogen (secondary N) is 1. The van der Waals surface area contributed by atoms with E-state index in [1.807, 2.05) is 53.1 Å². The number of rotatable bonds is 5. The van der Waals surface area contributed by atoms with Crippen molar-refractivity contribution in [1.29, 1.82) is 0 Å². The van der Waals surface area contributed by atoms with E-state index in [2.05, 4.69) is 10.3 Å². The predicted molar refractivity (Wildman–Crippen MR) is 123 cm³/mol. The highest BCUT2D eigenvalue weighted by Gasteiger charge is 2.27. The minimum atomic E-state index is -1.04. The maximum Gasteiger partial charge on any atom is 0.149 e. The Morgan fingerprint density at radius 1 is 1.12 bits per heavy atom. The molecule has 0 radical (unpaired) electrons. The Morgan fingerprint density at radius 2 is 2.09 bits per heavy atom. The lowest BCUT2D eigenvalue weighted by Gasteiger charge is -2.27. The van der Waals surface area contributed by atoms with Gasteiger partial charge in [0, 0.05) is 30.6 Å². The zero-order chi connectivity index (χ0) is 22.2. The van der Waals surface area contributed by atoms with Crippen LogP contribution in [0.3, 0.4) is 0 Å². The van der Waals surface area contributed by atoms with Gasteiger partial charge in [0.1, 0.15) is 41.0 Å². The Hall–Kier alpha value is -3.23. The van der Waals surface area contributed by atoms with Gasteiger partial charge in [-0.15, -0.1) is 0 Å². The van der Waals surface area contributed by atoms with Gasteiger partial charge in [-0.2, -0.15) is 0 Å². The molecule has 1 aromatic carbocycles. The molecule has 0 aliphatic carbocycles. The average molecular weight is 448 g/mol. The summed E-state index contributed by atoms with van der Waals surface area (Å²) in [6.45, 7) is 2.42. The van der Waals surface area contributed by atoms with Crippen molar-refractivity contribution >= 4 is 16.6 Å². The number of para-hydroxylation sites is 1. The lowest BCUT2D eigenvalue weighted by molar-refractivity contribution is 0.0743. The summed E-state index contributed by atoms with van der Waals surface area (Å²) in [7, 11) is 0. The Labute approximate surface area is 190 Å². The van der Waals surface area contributed by atoms with Gasteiger partial charge in [-0.05, 0) is 31.2 Å². The van der Waals surface area contributed by atoms with E-state index < -0.39 is 12.3 Å². The highest BCUT2D eigenvalue weighted by atomic mass is 19.1. The zero-order valence-corrected chi connectivity index (χ0v) is 18.1. The molecule has 3 aromatic heterocycles. The molecule has 2 aliphatic rings. The van der Waals surface area contributed by atoms with Crippen molar-refractivity contribution in [3.8, 4) is 22.9 Å². The number of pyridine rings is 2. The molecule has 0 bridgehead atoms. The Morgan fingerprint density at radius 3 is 2.97 bits per heavy atom. The molecule has 6 rings (SSSR count). The van der Waals surface area contributed by atoms with Crippen molar-refractivity contribution in [3.63, 3.8) is 0 Å². The van der Waals surface area contributed by atoms with E-state index in [9.17, 15) is 4.39 Å². The van der Waals surface area contributed by atoms with Crippen LogP contribution in [0.15, 0.2) is 54.9 Å². The van der Waals surface area contributed by atoms with Crippen molar-refractivity contribution in [2.75, 3.05) is 26.3 Å². The lowest BCUT2D eigenvalue weighted by Crippen LogP contribution is -2.44. The van der Waals surface area contributed by atoms with Crippen LogP contribution in [0.25, 0.3) is 27.9 Å². The molecule has 0 saturated carbocycles. The monoisotopic (exact) mass is 448 g/mol. The van der Waals surface area contributed by atoms with Crippen LogP contribution in [0, 0.1) is 0 Å². The quantitative estimate of drug-likeness (QED) is 0.501. The van der Waals surface area contributed by atoms with Gasteiger partial charge in [0.05, 0.1) is 30.8 Å². The highest BCUT2D eigenvalue weighted by Crippen LogP contribution is 2.30. The first-order valence-electron chi connectivity index (χ1n) is 11.4. The van der Waals surface area contributed by atoms with Crippen LogP contribution in [0.1, 0.15) is 12.8 Å². The molecule has 0 unspecified atom stereocenters. The molecule has 0 amide bonds. The summed E-state index contributed by atoms with van der Waals surface area (Å²) >= 11 is 0. The Balaban J connectivity index is 1.32. The van der Waals surface area contributed by atoms with Crippen molar-refractivity contribution in [2.24, 2.45) is 0 Å². The van der Waals surface area contributed by atoms with E-state index >= 15 is 0 Å². The number of imidazole rings is 1. The largest absolute Gasteiger partial charge is 0.488 e. The number of ether oxygens (including phenoxy) is 3. The van der Waals surface area contributed by atoms with E-state index in [4.69, 9.17) is 19.2 Å². The summed E-state index contributed by atoms with van der Waals surface area (Å²) in [5, 5.41) is 4.01. The second-order valence-corrected chi connectivity index (χ2v) is 8.53. The molecule has 33 heavy (non-hydrogen) atoms. The van der Waals surface area contributed by atoms with Crippen LogP contribution in [0.4, 0.5) is 4.39 Å². The number of halogens is 1. The lowest BCUT2D eigenvalue weighted by atomic mass is 10.1. The van der Waals surface area contributed by atoms with Gasteiger partial charge in [-0.25, -0.2) is 14.4 Å². The van der Waals surface area contributed by atoms with E-state index in [1.165, 1.54) is 0 Å². The zero-order valence-electron chi connectivity index (χ0n) is 18.1. The number of hydrogen-bond acceptors (Lipinski definition) is 6. The predicted octanol–water partition coefficient (Wildman–Crippen LogP) is 3.80. The molecule has 8 heteroatoms. The number of nitrogens with zero attached hydrogens (tertiary/aromatic N) is 3. The van der Waals surface area contributed by atoms with Gasteiger partial charge in [0.25, 0.3) is 0 Å². The number of aromatic nitrogens is 3. The number of piperidine rings is 1. The van der Waals surface area contributed by atoms with Gasteiger partial charge in [-0.3, -0.25) is 4.40 Å². The molecule has 5 heterocycles. The maximum absolute atomic E-state index is 14.3. The molecule has 1 N–H and O–H groups in total. The van der Waals surface area contributed by atoms with Crippen LogP contribution < -0.4 is 14.8 Å². The minimum Gasteiger partial charge on any atom is -0.488 e. The molecule has 2 saturated heterocycles. The first-order chi connectivity index (χ1) is 16.2. The van der Waals surface area contributed by atoms with Crippen LogP contribution >= 0.6 is 0 Å². The van der Waals surface area contributed by atoms with Gasteiger partial charge in [-0.1, -0.05) is 18.2 Å².